The van der Waals surface area contributed by atoms with Crippen molar-refractivity contribution >= 4 is 17.5 Å². The number of carbonyl (C=O) groups excluding carboxylic acids is 1. The maximum absolute atomic E-state index is 12.9. The van der Waals surface area contributed by atoms with E-state index in [4.69, 9.17) is 30.3 Å². The summed E-state index contributed by atoms with van der Waals surface area (Å²) >= 11 is 6.17. The number of hydrogen-bond acceptors (Lipinski definition) is 6. The van der Waals surface area contributed by atoms with Crippen LogP contribution in [0, 0.1) is 0 Å². The van der Waals surface area contributed by atoms with Crippen LogP contribution in [0.2, 0.25) is 5.02 Å². The number of amides is 1. The molecule has 3 rings (SSSR count). The average molecular weight is 431 g/mol. The number of methoxy groups -OCH3 is 3. The Morgan fingerprint density at radius 3 is 2.30 bits per heavy atom. The summed E-state index contributed by atoms with van der Waals surface area (Å²) in [6.07, 6.45) is 0. The van der Waals surface area contributed by atoms with Crippen LogP contribution in [-0.4, -0.2) is 43.8 Å². The Hall–Kier alpha value is -3.19. The van der Waals surface area contributed by atoms with E-state index in [1.165, 1.54) is 0 Å². The summed E-state index contributed by atoms with van der Waals surface area (Å²) in [7, 11) is 4.64. The lowest BCUT2D eigenvalue weighted by Crippen LogP contribution is -2.30. The second-order valence-corrected chi connectivity index (χ2v) is 6.80. The second-order valence-electron chi connectivity index (χ2n) is 6.40. The van der Waals surface area contributed by atoms with Crippen LogP contribution < -0.4 is 14.2 Å². The summed E-state index contributed by atoms with van der Waals surface area (Å²) in [6, 6.07) is 12.3. The summed E-state index contributed by atoms with van der Waals surface area (Å²) in [5, 5.41) is 4.53. The second kappa shape index (κ2) is 9.54. The highest BCUT2D eigenvalue weighted by Crippen LogP contribution is 2.41. The zero-order valence-electron chi connectivity index (χ0n) is 17.3. The highest BCUT2D eigenvalue weighted by Gasteiger charge is 2.20. The van der Waals surface area contributed by atoms with E-state index in [1.54, 1.807) is 68.7 Å². The Labute approximate surface area is 180 Å². The summed E-state index contributed by atoms with van der Waals surface area (Å²) < 4.78 is 21.6. The molecule has 1 amide bonds. The van der Waals surface area contributed by atoms with Gasteiger partial charge in [0.15, 0.2) is 17.3 Å². The normalized spacial score (nSPS) is 10.6. The van der Waals surface area contributed by atoms with Crippen LogP contribution in [0.5, 0.6) is 17.2 Å². The number of hydrogen-bond donors (Lipinski definition) is 0. The lowest BCUT2D eigenvalue weighted by molar-refractivity contribution is 0.0749. The van der Waals surface area contributed by atoms with Gasteiger partial charge in [0, 0.05) is 18.2 Å². The van der Waals surface area contributed by atoms with Crippen molar-refractivity contribution in [3.63, 3.8) is 0 Å². The number of ether oxygens (including phenoxy) is 3. The summed E-state index contributed by atoms with van der Waals surface area (Å²) in [4.78, 5) is 14.5. The Morgan fingerprint density at radius 1 is 1.07 bits per heavy atom. The van der Waals surface area contributed by atoms with Crippen molar-refractivity contribution in [2.24, 2.45) is 0 Å². The van der Waals surface area contributed by atoms with Crippen molar-refractivity contribution in [1.29, 1.82) is 0 Å². The molecule has 30 heavy (non-hydrogen) atoms. The summed E-state index contributed by atoms with van der Waals surface area (Å²) in [6.45, 7) is 2.68. The summed E-state index contributed by atoms with van der Waals surface area (Å²) in [5.74, 6) is 1.86. The predicted octanol–water partition coefficient (Wildman–Crippen LogP) is 4.68. The molecule has 7 nitrogen and oxygen atoms in total. The molecule has 0 saturated carbocycles. The third-order valence-electron chi connectivity index (χ3n) is 4.63. The first-order valence-corrected chi connectivity index (χ1v) is 9.69. The molecular weight excluding hydrogens is 408 g/mol. The lowest BCUT2D eigenvalue weighted by Gasteiger charge is -2.20. The van der Waals surface area contributed by atoms with Crippen LogP contribution in [-0.2, 0) is 6.54 Å². The van der Waals surface area contributed by atoms with Crippen LogP contribution in [0.15, 0.2) is 47.0 Å². The number of benzene rings is 2. The van der Waals surface area contributed by atoms with Gasteiger partial charge >= 0.3 is 0 Å². The van der Waals surface area contributed by atoms with Crippen molar-refractivity contribution in [2.75, 3.05) is 27.9 Å². The van der Waals surface area contributed by atoms with E-state index >= 15 is 0 Å². The van der Waals surface area contributed by atoms with E-state index in [0.717, 1.165) is 0 Å². The van der Waals surface area contributed by atoms with E-state index < -0.39 is 0 Å². The molecule has 0 saturated heterocycles. The van der Waals surface area contributed by atoms with Crippen molar-refractivity contribution in [3.05, 3.63) is 58.7 Å². The molecule has 0 aliphatic heterocycles. The Bertz CT molecular complexity index is 1010. The van der Waals surface area contributed by atoms with Gasteiger partial charge in [0.2, 0.25) is 5.75 Å². The lowest BCUT2D eigenvalue weighted by atomic mass is 10.1. The molecule has 1 heterocycles. The Kier molecular flexibility index (Phi) is 6.84. The average Bonchev–Trinajstić information content (AvgIpc) is 3.24. The first kappa shape index (κ1) is 21.5. The third kappa shape index (κ3) is 4.36. The highest BCUT2D eigenvalue weighted by molar-refractivity contribution is 6.33. The molecule has 0 N–H and O–H groups in total. The molecule has 2 aromatic carbocycles. The topological polar surface area (TPSA) is 74.0 Å². The van der Waals surface area contributed by atoms with E-state index in [2.05, 4.69) is 5.16 Å². The van der Waals surface area contributed by atoms with Crippen LogP contribution >= 0.6 is 11.6 Å². The molecule has 0 fully saturated rings. The number of aromatic nitrogens is 1. The highest BCUT2D eigenvalue weighted by atomic mass is 35.5. The molecule has 8 heteroatoms. The summed E-state index contributed by atoms with van der Waals surface area (Å²) in [5.41, 5.74) is 1.78. The first-order chi connectivity index (χ1) is 14.5. The molecular formula is C22H23ClN2O5. The van der Waals surface area contributed by atoms with Gasteiger partial charge in [-0.05, 0) is 31.2 Å². The van der Waals surface area contributed by atoms with Crippen LogP contribution in [0.3, 0.4) is 0 Å². The third-order valence-corrected chi connectivity index (χ3v) is 4.96. The quantitative estimate of drug-likeness (QED) is 0.516. The minimum absolute atomic E-state index is 0.166. The van der Waals surface area contributed by atoms with Crippen molar-refractivity contribution in [3.8, 4) is 28.6 Å². The molecule has 0 aliphatic carbocycles. The van der Waals surface area contributed by atoms with Gasteiger partial charge in [0.05, 0.1) is 38.5 Å². The standard InChI is InChI=1S/C22H23ClN2O5/c1-5-25(22(26)16-8-6-7-9-17(16)23)13-15-12-18(30-24-15)14-10-19(27-2)21(29-4)20(11-14)28-3/h6-12H,5,13H2,1-4H3. The fraction of sp³-hybridized carbons (Fsp3) is 0.273. The SMILES string of the molecule is CCN(Cc1cc(-c2cc(OC)c(OC)c(OC)c2)on1)C(=O)c1ccccc1Cl. The maximum Gasteiger partial charge on any atom is 0.255 e. The van der Waals surface area contributed by atoms with Gasteiger partial charge in [-0.1, -0.05) is 28.9 Å². The van der Waals surface area contributed by atoms with Gasteiger partial charge in [-0.25, -0.2) is 0 Å². The zero-order chi connectivity index (χ0) is 21.7. The molecule has 3 aromatic rings. The minimum Gasteiger partial charge on any atom is -0.493 e. The fourth-order valence-corrected chi connectivity index (χ4v) is 3.29. The van der Waals surface area contributed by atoms with Gasteiger partial charge in [-0.3, -0.25) is 4.79 Å². The van der Waals surface area contributed by atoms with E-state index in [1.807, 2.05) is 6.92 Å². The number of carbonyl (C=O) groups is 1. The fourth-order valence-electron chi connectivity index (χ4n) is 3.07. The number of rotatable bonds is 8. The van der Waals surface area contributed by atoms with Gasteiger partial charge < -0.3 is 23.6 Å². The number of halogens is 1. The van der Waals surface area contributed by atoms with Gasteiger partial charge in [-0.2, -0.15) is 0 Å². The van der Waals surface area contributed by atoms with Crippen molar-refractivity contribution in [1.82, 2.24) is 10.1 Å². The molecule has 0 bridgehead atoms. The zero-order valence-corrected chi connectivity index (χ0v) is 18.0. The van der Waals surface area contributed by atoms with E-state index in [0.29, 0.717) is 51.4 Å². The minimum atomic E-state index is -0.166. The van der Waals surface area contributed by atoms with Crippen LogP contribution in [0.25, 0.3) is 11.3 Å². The van der Waals surface area contributed by atoms with Gasteiger partial charge in [-0.15, -0.1) is 0 Å². The van der Waals surface area contributed by atoms with Crippen LogP contribution in [0.1, 0.15) is 23.0 Å². The van der Waals surface area contributed by atoms with E-state index in [-0.39, 0.29) is 12.5 Å². The maximum atomic E-state index is 12.9. The molecule has 1 aromatic heterocycles. The molecule has 0 spiro atoms. The Balaban J connectivity index is 1.86. The number of nitrogens with zero attached hydrogens (tertiary/aromatic N) is 2. The largest absolute Gasteiger partial charge is 0.493 e. The molecule has 0 radical (unpaired) electrons. The predicted molar refractivity (Wildman–Crippen MR) is 113 cm³/mol. The first-order valence-electron chi connectivity index (χ1n) is 9.32. The Morgan fingerprint density at radius 2 is 1.73 bits per heavy atom. The monoisotopic (exact) mass is 430 g/mol. The molecule has 0 unspecified atom stereocenters. The molecule has 0 aliphatic rings. The molecule has 0 atom stereocenters. The van der Waals surface area contributed by atoms with E-state index in [9.17, 15) is 4.79 Å². The van der Waals surface area contributed by atoms with Crippen LogP contribution in [0.4, 0.5) is 0 Å². The smallest absolute Gasteiger partial charge is 0.255 e. The van der Waals surface area contributed by atoms with Gasteiger partial charge in [0.25, 0.3) is 5.91 Å². The molecule has 158 valence electrons. The van der Waals surface area contributed by atoms with Gasteiger partial charge in [0.1, 0.15) is 5.69 Å². The van der Waals surface area contributed by atoms with Crippen molar-refractivity contribution in [2.45, 2.75) is 13.5 Å². The van der Waals surface area contributed by atoms with Crippen molar-refractivity contribution < 1.29 is 23.5 Å².